The summed E-state index contributed by atoms with van der Waals surface area (Å²) in [4.78, 5) is 10.9. The minimum absolute atomic E-state index is 0.137. The lowest BCUT2D eigenvalue weighted by Gasteiger charge is -2.00. The van der Waals surface area contributed by atoms with Gasteiger partial charge in [0, 0.05) is 29.3 Å². The molecule has 12 heteroatoms. The van der Waals surface area contributed by atoms with E-state index in [2.05, 4.69) is 20.1 Å². The summed E-state index contributed by atoms with van der Waals surface area (Å²) in [5, 5.41) is 2.06. The zero-order chi connectivity index (χ0) is 14.3. The van der Waals surface area contributed by atoms with Crippen LogP contribution in [0.2, 0.25) is 0 Å². The van der Waals surface area contributed by atoms with Crippen molar-refractivity contribution >= 4 is 29.6 Å². The van der Waals surface area contributed by atoms with Gasteiger partial charge in [-0.3, -0.25) is 0 Å². The predicted octanol–water partition coefficient (Wildman–Crippen LogP) is -0.612. The van der Waals surface area contributed by atoms with E-state index in [-0.39, 0.29) is 5.95 Å². The molecular weight excluding hydrogens is 318 g/mol. The van der Waals surface area contributed by atoms with E-state index in [1.807, 2.05) is 0 Å². The van der Waals surface area contributed by atoms with Crippen LogP contribution >= 0.6 is 10.7 Å². The molecule has 0 unspecified atom stereocenters. The van der Waals surface area contributed by atoms with Crippen molar-refractivity contribution in [1.29, 1.82) is 0 Å². The van der Waals surface area contributed by atoms with E-state index in [4.69, 9.17) is 10.7 Å². The lowest BCUT2D eigenvalue weighted by Crippen LogP contribution is -2.11. The largest absolute Gasteiger partial charge is 0.298 e. The Morgan fingerprint density at radius 1 is 1.16 bits per heavy atom. The van der Waals surface area contributed by atoms with Crippen molar-refractivity contribution in [3.8, 4) is 5.95 Å². The summed E-state index contributed by atoms with van der Waals surface area (Å²) in [6.07, 6.45) is 3.52. The molecule has 0 spiro atoms. The average Bonchev–Trinajstić information content (AvgIpc) is 2.74. The van der Waals surface area contributed by atoms with Crippen molar-refractivity contribution in [3.05, 3.63) is 18.5 Å². The van der Waals surface area contributed by atoms with E-state index in [0.717, 1.165) is 6.26 Å². The fraction of sp³-hybridized carbons (Fsp3) is 0.143. The van der Waals surface area contributed by atoms with Crippen LogP contribution in [0.4, 0.5) is 0 Å². The second-order valence-electron chi connectivity index (χ2n) is 3.35. The summed E-state index contributed by atoms with van der Waals surface area (Å²) in [5.74, 6) is -0.137. The molecule has 0 aliphatic carbocycles. The molecule has 2 rings (SSSR count). The summed E-state index contributed by atoms with van der Waals surface area (Å²) in [6, 6.07) is 1.50. The normalized spacial score (nSPS) is 12.5. The minimum Gasteiger partial charge on any atom is -0.221 e. The summed E-state index contributed by atoms with van der Waals surface area (Å²) in [5.41, 5.74) is 0. The minimum atomic E-state index is -4.26. The fourth-order valence-electron chi connectivity index (χ4n) is 1.15. The molecule has 0 N–H and O–H groups in total. The quantitative estimate of drug-likeness (QED) is 0.685. The third-order valence-corrected chi connectivity index (χ3v) is 3.80. The van der Waals surface area contributed by atoms with Crippen LogP contribution in [0, 0.1) is 0 Å². The van der Waals surface area contributed by atoms with Crippen molar-refractivity contribution in [2.75, 3.05) is 6.26 Å². The Labute approximate surface area is 112 Å². The lowest BCUT2D eigenvalue weighted by molar-refractivity contribution is 0.583. The highest BCUT2D eigenvalue weighted by molar-refractivity contribution is 8.13. The van der Waals surface area contributed by atoms with Gasteiger partial charge in [-0.05, 0) is 6.07 Å². The van der Waals surface area contributed by atoms with Crippen LogP contribution in [0.5, 0.6) is 0 Å². The highest BCUT2D eigenvalue weighted by Crippen LogP contribution is 2.16. The van der Waals surface area contributed by atoms with Crippen LogP contribution in [-0.4, -0.2) is 47.8 Å². The Morgan fingerprint density at radius 2 is 1.74 bits per heavy atom. The molecule has 0 radical (unpaired) electrons. The zero-order valence-corrected chi connectivity index (χ0v) is 11.7. The van der Waals surface area contributed by atoms with E-state index in [1.54, 1.807) is 0 Å². The van der Waals surface area contributed by atoms with E-state index >= 15 is 0 Å². The number of aromatic nitrogens is 5. The maximum Gasteiger partial charge on any atom is 0.298 e. The van der Waals surface area contributed by atoms with Gasteiger partial charge in [-0.1, -0.05) is 0 Å². The topological polar surface area (TPSA) is 125 Å². The van der Waals surface area contributed by atoms with Crippen LogP contribution in [0.1, 0.15) is 0 Å². The Bertz CT molecular complexity index is 814. The van der Waals surface area contributed by atoms with E-state index in [1.165, 1.54) is 18.5 Å². The fourth-order valence-corrected chi connectivity index (χ4v) is 2.47. The summed E-state index contributed by atoms with van der Waals surface area (Å²) < 4.78 is 46.1. The first kappa shape index (κ1) is 13.8. The van der Waals surface area contributed by atoms with Gasteiger partial charge in [0.1, 0.15) is 0 Å². The van der Waals surface area contributed by atoms with Crippen molar-refractivity contribution < 1.29 is 16.8 Å². The van der Waals surface area contributed by atoms with Crippen LogP contribution in [0.25, 0.3) is 5.95 Å². The molecule has 0 saturated heterocycles. The van der Waals surface area contributed by atoms with Crippen molar-refractivity contribution in [2.45, 2.75) is 10.3 Å². The van der Waals surface area contributed by atoms with Crippen molar-refractivity contribution in [3.63, 3.8) is 0 Å². The molecule has 0 amide bonds. The van der Waals surface area contributed by atoms with Gasteiger partial charge in [0.2, 0.25) is 9.84 Å². The SMILES string of the molecule is CS(=O)(=O)c1nc(S(=O)(=O)Cl)nn1-c1ncccn1. The van der Waals surface area contributed by atoms with Crippen LogP contribution in [-0.2, 0) is 18.9 Å². The Morgan fingerprint density at radius 3 is 2.21 bits per heavy atom. The van der Waals surface area contributed by atoms with Gasteiger partial charge in [0.25, 0.3) is 25.3 Å². The molecule has 0 bridgehead atoms. The predicted molar refractivity (Wildman–Crippen MR) is 63.1 cm³/mol. The molecule has 0 aliphatic rings. The van der Waals surface area contributed by atoms with Gasteiger partial charge in [-0.25, -0.2) is 26.8 Å². The standard InChI is InChI=1S/C7H6ClN5O4S2/c1-18(14,15)7-11-6(19(8,16)17)12-13(7)5-9-3-2-4-10-5/h2-4H,1H3. The summed E-state index contributed by atoms with van der Waals surface area (Å²) >= 11 is 0. The maximum absolute atomic E-state index is 11.6. The molecule has 0 aliphatic heterocycles. The zero-order valence-electron chi connectivity index (χ0n) is 9.30. The molecule has 2 aromatic rings. The van der Waals surface area contributed by atoms with Crippen molar-refractivity contribution in [1.82, 2.24) is 24.7 Å². The second kappa shape index (κ2) is 4.51. The van der Waals surface area contributed by atoms with E-state index in [0.29, 0.717) is 4.68 Å². The first-order valence-electron chi connectivity index (χ1n) is 4.59. The number of rotatable bonds is 3. The lowest BCUT2D eigenvalue weighted by atomic mass is 10.7. The van der Waals surface area contributed by atoms with Crippen LogP contribution in [0.3, 0.4) is 0 Å². The molecule has 2 heterocycles. The number of hydrogen-bond donors (Lipinski definition) is 0. The Balaban J connectivity index is 2.77. The third kappa shape index (κ3) is 2.88. The molecule has 0 aromatic carbocycles. The van der Waals surface area contributed by atoms with Gasteiger partial charge < -0.3 is 0 Å². The van der Waals surface area contributed by atoms with Gasteiger partial charge in [-0.15, -0.1) is 5.10 Å². The van der Waals surface area contributed by atoms with Crippen LogP contribution in [0.15, 0.2) is 28.8 Å². The Kier molecular flexibility index (Phi) is 3.28. The first-order chi connectivity index (χ1) is 8.69. The monoisotopic (exact) mass is 323 g/mol. The highest BCUT2D eigenvalue weighted by Gasteiger charge is 2.27. The van der Waals surface area contributed by atoms with Crippen molar-refractivity contribution in [2.24, 2.45) is 0 Å². The highest BCUT2D eigenvalue weighted by atomic mass is 35.7. The second-order valence-corrected chi connectivity index (χ2v) is 7.72. The van der Waals surface area contributed by atoms with E-state index < -0.39 is 29.2 Å². The molecular formula is C7H6ClN5O4S2. The smallest absolute Gasteiger partial charge is 0.221 e. The molecule has 0 atom stereocenters. The van der Waals surface area contributed by atoms with Crippen LogP contribution < -0.4 is 0 Å². The van der Waals surface area contributed by atoms with Gasteiger partial charge >= 0.3 is 0 Å². The molecule has 0 fully saturated rings. The maximum atomic E-state index is 11.6. The average molecular weight is 324 g/mol. The molecule has 102 valence electrons. The number of sulfone groups is 1. The molecule has 2 aromatic heterocycles. The molecule has 9 nitrogen and oxygen atoms in total. The third-order valence-electron chi connectivity index (χ3n) is 1.85. The Hall–Kier alpha value is -1.59. The molecule has 0 saturated carbocycles. The molecule has 19 heavy (non-hydrogen) atoms. The first-order valence-corrected chi connectivity index (χ1v) is 8.79. The van der Waals surface area contributed by atoms with Gasteiger partial charge in [-0.2, -0.15) is 9.67 Å². The van der Waals surface area contributed by atoms with Gasteiger partial charge in [0.05, 0.1) is 0 Å². The number of nitrogens with zero attached hydrogens (tertiary/aromatic N) is 5. The summed E-state index contributed by atoms with van der Waals surface area (Å²) in [7, 11) is -3.02. The summed E-state index contributed by atoms with van der Waals surface area (Å²) in [6.45, 7) is 0. The number of halogens is 1. The van der Waals surface area contributed by atoms with E-state index in [9.17, 15) is 16.8 Å². The number of hydrogen-bond acceptors (Lipinski definition) is 8. The van der Waals surface area contributed by atoms with Gasteiger partial charge in [0.15, 0.2) is 0 Å².